The number of hydrogen-bond donors (Lipinski definition) is 2. The van der Waals surface area contributed by atoms with Crippen molar-refractivity contribution in [1.82, 2.24) is 10.6 Å². The van der Waals surface area contributed by atoms with Gasteiger partial charge in [0, 0.05) is 26.4 Å². The SMILES string of the molecule is CN=C(NCCCS(C)(=O)=O)NCCc1cc(C)cc(C)c1.I. The highest BCUT2D eigenvalue weighted by atomic mass is 127. The van der Waals surface area contributed by atoms with Gasteiger partial charge >= 0.3 is 0 Å². The van der Waals surface area contributed by atoms with Crippen molar-refractivity contribution in [3.05, 3.63) is 34.9 Å². The van der Waals surface area contributed by atoms with E-state index in [0.717, 1.165) is 13.0 Å². The molecule has 1 rings (SSSR count). The standard InChI is InChI=1S/C16H27N3O2S.HI/c1-13-10-14(2)12-15(11-13)6-8-19-16(17-3)18-7-5-9-22(4,20)21;/h10-12H,5-9H2,1-4H3,(H2,17,18,19);1H. The first-order valence-corrected chi connectivity index (χ1v) is 9.55. The van der Waals surface area contributed by atoms with E-state index in [4.69, 9.17) is 0 Å². The third-order valence-electron chi connectivity index (χ3n) is 3.20. The van der Waals surface area contributed by atoms with E-state index in [0.29, 0.717) is 18.9 Å². The van der Waals surface area contributed by atoms with Crippen LogP contribution in [0.5, 0.6) is 0 Å². The lowest BCUT2D eigenvalue weighted by atomic mass is 10.1. The Morgan fingerprint density at radius 3 is 2.17 bits per heavy atom. The molecular formula is C16H28IN3O2S. The number of aryl methyl sites for hydroxylation is 2. The van der Waals surface area contributed by atoms with Gasteiger partial charge < -0.3 is 10.6 Å². The third kappa shape index (κ3) is 10.5. The van der Waals surface area contributed by atoms with Crippen LogP contribution in [0.3, 0.4) is 0 Å². The lowest BCUT2D eigenvalue weighted by Gasteiger charge is -2.12. The number of nitrogens with one attached hydrogen (secondary N) is 2. The van der Waals surface area contributed by atoms with Crippen molar-refractivity contribution in [3.63, 3.8) is 0 Å². The number of hydrogen-bond acceptors (Lipinski definition) is 3. The van der Waals surface area contributed by atoms with Gasteiger partial charge in [0.25, 0.3) is 0 Å². The Hall–Kier alpha value is -0.830. The molecule has 0 saturated carbocycles. The molecule has 0 unspecified atom stereocenters. The smallest absolute Gasteiger partial charge is 0.190 e. The number of nitrogens with zero attached hydrogens (tertiary/aromatic N) is 1. The molecule has 0 amide bonds. The second kappa shape index (κ2) is 10.9. The number of benzene rings is 1. The minimum absolute atomic E-state index is 0. The van der Waals surface area contributed by atoms with Crippen LogP contribution in [0.4, 0.5) is 0 Å². The fraction of sp³-hybridized carbons (Fsp3) is 0.562. The van der Waals surface area contributed by atoms with E-state index in [2.05, 4.69) is 47.7 Å². The van der Waals surface area contributed by atoms with Gasteiger partial charge in [0.15, 0.2) is 5.96 Å². The van der Waals surface area contributed by atoms with Gasteiger partial charge in [-0.25, -0.2) is 8.42 Å². The molecular weight excluding hydrogens is 425 g/mol. The molecule has 0 saturated heterocycles. The van der Waals surface area contributed by atoms with Crippen molar-refractivity contribution in [2.75, 3.05) is 32.1 Å². The third-order valence-corrected chi connectivity index (χ3v) is 4.23. The van der Waals surface area contributed by atoms with Gasteiger partial charge in [-0.3, -0.25) is 4.99 Å². The number of halogens is 1. The maximum Gasteiger partial charge on any atom is 0.190 e. The van der Waals surface area contributed by atoms with E-state index in [1.807, 2.05) is 0 Å². The van der Waals surface area contributed by atoms with E-state index in [1.54, 1.807) is 7.05 Å². The van der Waals surface area contributed by atoms with Crippen LogP contribution in [0, 0.1) is 13.8 Å². The molecule has 0 aromatic heterocycles. The fourth-order valence-electron chi connectivity index (χ4n) is 2.30. The van der Waals surface area contributed by atoms with Gasteiger partial charge in [-0.1, -0.05) is 29.3 Å². The second-order valence-corrected chi connectivity index (χ2v) is 7.91. The van der Waals surface area contributed by atoms with E-state index in [-0.39, 0.29) is 29.7 Å². The van der Waals surface area contributed by atoms with Crippen LogP contribution in [0.15, 0.2) is 23.2 Å². The Morgan fingerprint density at radius 2 is 1.65 bits per heavy atom. The summed E-state index contributed by atoms with van der Waals surface area (Å²) in [5, 5.41) is 6.37. The van der Waals surface area contributed by atoms with Crippen molar-refractivity contribution < 1.29 is 8.42 Å². The summed E-state index contributed by atoms with van der Waals surface area (Å²) in [5.74, 6) is 0.900. The molecule has 0 radical (unpaired) electrons. The molecule has 0 aliphatic heterocycles. The summed E-state index contributed by atoms with van der Waals surface area (Å²) in [6, 6.07) is 6.55. The van der Waals surface area contributed by atoms with Crippen LogP contribution in [-0.4, -0.2) is 46.5 Å². The quantitative estimate of drug-likeness (QED) is 0.287. The summed E-state index contributed by atoms with van der Waals surface area (Å²) in [4.78, 5) is 4.13. The van der Waals surface area contributed by atoms with Crippen molar-refractivity contribution in [1.29, 1.82) is 0 Å². The van der Waals surface area contributed by atoms with E-state index < -0.39 is 9.84 Å². The molecule has 5 nitrogen and oxygen atoms in total. The monoisotopic (exact) mass is 453 g/mol. The van der Waals surface area contributed by atoms with Gasteiger partial charge in [0.1, 0.15) is 9.84 Å². The summed E-state index contributed by atoms with van der Waals surface area (Å²) in [6.45, 7) is 5.59. The summed E-state index contributed by atoms with van der Waals surface area (Å²) >= 11 is 0. The van der Waals surface area contributed by atoms with Crippen LogP contribution in [0.1, 0.15) is 23.1 Å². The molecule has 0 aliphatic carbocycles. The minimum Gasteiger partial charge on any atom is -0.356 e. The number of aliphatic imine (C=N–C) groups is 1. The summed E-state index contributed by atoms with van der Waals surface area (Å²) < 4.78 is 22.1. The highest BCUT2D eigenvalue weighted by Gasteiger charge is 2.03. The van der Waals surface area contributed by atoms with Crippen LogP contribution < -0.4 is 10.6 Å². The van der Waals surface area contributed by atoms with Crippen molar-refractivity contribution in [3.8, 4) is 0 Å². The molecule has 132 valence electrons. The molecule has 0 atom stereocenters. The van der Waals surface area contributed by atoms with Gasteiger partial charge in [0.2, 0.25) is 0 Å². The molecule has 1 aromatic rings. The molecule has 1 aromatic carbocycles. The Balaban J connectivity index is 0.00000484. The zero-order chi connectivity index (χ0) is 16.6. The maximum absolute atomic E-state index is 11.1. The van der Waals surface area contributed by atoms with Crippen molar-refractivity contribution >= 4 is 39.8 Å². The predicted octanol–water partition coefficient (Wildman–Crippen LogP) is 2.06. The first-order chi connectivity index (χ1) is 10.3. The average molecular weight is 453 g/mol. The molecule has 23 heavy (non-hydrogen) atoms. The summed E-state index contributed by atoms with van der Waals surface area (Å²) in [7, 11) is -1.18. The van der Waals surface area contributed by atoms with E-state index in [9.17, 15) is 8.42 Å². The summed E-state index contributed by atoms with van der Waals surface area (Å²) in [5.41, 5.74) is 3.86. The Bertz CT molecular complexity index is 596. The Kier molecular flexibility index (Phi) is 10.5. The number of guanidine groups is 1. The van der Waals surface area contributed by atoms with Gasteiger partial charge in [-0.05, 0) is 32.3 Å². The molecule has 2 N–H and O–H groups in total. The van der Waals surface area contributed by atoms with Crippen molar-refractivity contribution in [2.45, 2.75) is 26.7 Å². The average Bonchev–Trinajstić information content (AvgIpc) is 2.39. The zero-order valence-electron chi connectivity index (χ0n) is 14.3. The van der Waals surface area contributed by atoms with E-state index >= 15 is 0 Å². The number of sulfone groups is 1. The predicted molar refractivity (Wildman–Crippen MR) is 109 cm³/mol. The lowest BCUT2D eigenvalue weighted by Crippen LogP contribution is -2.39. The van der Waals surface area contributed by atoms with Crippen LogP contribution in [0.25, 0.3) is 0 Å². The summed E-state index contributed by atoms with van der Waals surface area (Å²) in [6.07, 6.45) is 2.76. The normalized spacial score (nSPS) is 11.7. The molecule has 0 heterocycles. The van der Waals surface area contributed by atoms with Crippen molar-refractivity contribution in [2.24, 2.45) is 4.99 Å². The molecule has 0 spiro atoms. The highest BCUT2D eigenvalue weighted by Crippen LogP contribution is 2.08. The van der Waals surface area contributed by atoms with Gasteiger partial charge in [-0.15, -0.1) is 24.0 Å². The largest absolute Gasteiger partial charge is 0.356 e. The van der Waals surface area contributed by atoms with E-state index in [1.165, 1.54) is 22.9 Å². The minimum atomic E-state index is -2.89. The lowest BCUT2D eigenvalue weighted by molar-refractivity contribution is 0.598. The van der Waals surface area contributed by atoms with Crippen LogP contribution in [0.2, 0.25) is 0 Å². The van der Waals surface area contributed by atoms with Crippen LogP contribution >= 0.6 is 24.0 Å². The Morgan fingerprint density at radius 1 is 1.09 bits per heavy atom. The highest BCUT2D eigenvalue weighted by molar-refractivity contribution is 14.0. The fourth-order valence-corrected chi connectivity index (χ4v) is 2.97. The zero-order valence-corrected chi connectivity index (χ0v) is 17.5. The van der Waals surface area contributed by atoms with Gasteiger partial charge in [0.05, 0.1) is 5.75 Å². The Labute approximate surface area is 157 Å². The number of rotatable bonds is 7. The van der Waals surface area contributed by atoms with Crippen LogP contribution in [-0.2, 0) is 16.3 Å². The first kappa shape index (κ1) is 22.2. The molecule has 0 bridgehead atoms. The second-order valence-electron chi connectivity index (χ2n) is 5.66. The molecule has 0 aliphatic rings. The maximum atomic E-state index is 11.1. The topological polar surface area (TPSA) is 70.6 Å². The molecule has 0 fully saturated rings. The first-order valence-electron chi connectivity index (χ1n) is 7.49. The van der Waals surface area contributed by atoms with Gasteiger partial charge in [-0.2, -0.15) is 0 Å². The molecule has 7 heteroatoms.